The van der Waals surface area contributed by atoms with Crippen LogP contribution in [0.5, 0.6) is 11.5 Å². The molecular formula is C21H27NO6S. The Morgan fingerprint density at radius 3 is 2.10 bits per heavy atom. The Balaban J connectivity index is 2.11. The smallest absolute Gasteiger partial charge is 0.339 e. The molecule has 0 saturated heterocycles. The van der Waals surface area contributed by atoms with Crippen LogP contribution in [0.25, 0.3) is 0 Å². The maximum atomic E-state index is 12.4. The highest BCUT2D eigenvalue weighted by Crippen LogP contribution is 2.22. The molecule has 0 N–H and O–H groups in total. The maximum absolute atomic E-state index is 12.4. The van der Waals surface area contributed by atoms with E-state index in [0.29, 0.717) is 12.3 Å². The minimum Gasteiger partial charge on any atom is -0.497 e. The quantitative estimate of drug-likeness (QED) is 0.548. The first-order chi connectivity index (χ1) is 13.8. The molecule has 2 aromatic carbocycles. The number of ether oxygens (including phenoxy) is 2. The molecule has 0 aliphatic rings. The van der Waals surface area contributed by atoms with Crippen molar-refractivity contribution in [3.8, 4) is 11.5 Å². The average molecular weight is 422 g/mol. The van der Waals surface area contributed by atoms with Crippen molar-refractivity contribution in [2.75, 3.05) is 20.8 Å². The summed E-state index contributed by atoms with van der Waals surface area (Å²) in [6.07, 6.45) is 0.816. The molecule has 7 nitrogen and oxygen atoms in total. The number of methoxy groups -OCH3 is 2. The molecule has 0 aromatic heterocycles. The van der Waals surface area contributed by atoms with Gasteiger partial charge in [0.05, 0.1) is 7.11 Å². The molecule has 1 amide bonds. The van der Waals surface area contributed by atoms with E-state index in [4.69, 9.17) is 13.7 Å². The van der Waals surface area contributed by atoms with Gasteiger partial charge in [0.25, 0.3) is 0 Å². The number of rotatable bonds is 10. The van der Waals surface area contributed by atoms with Gasteiger partial charge in [-0.1, -0.05) is 19.1 Å². The second kappa shape index (κ2) is 10.3. The lowest BCUT2D eigenvalue weighted by Crippen LogP contribution is -2.39. The van der Waals surface area contributed by atoms with E-state index in [1.807, 2.05) is 13.8 Å². The minimum absolute atomic E-state index is 0.0195. The van der Waals surface area contributed by atoms with E-state index in [1.165, 1.54) is 26.4 Å². The van der Waals surface area contributed by atoms with Crippen LogP contribution in [-0.4, -0.2) is 46.1 Å². The van der Waals surface area contributed by atoms with Gasteiger partial charge < -0.3 is 18.6 Å². The number of nitrogens with zero attached hydrogens (tertiary/aromatic N) is 1. The molecule has 0 bridgehead atoms. The topological polar surface area (TPSA) is 82.1 Å². The Morgan fingerprint density at radius 1 is 1.00 bits per heavy atom. The van der Waals surface area contributed by atoms with Gasteiger partial charge in [-0.2, -0.15) is 8.42 Å². The highest BCUT2D eigenvalue weighted by Gasteiger charge is 2.20. The van der Waals surface area contributed by atoms with Crippen LogP contribution in [0.15, 0.2) is 53.4 Å². The van der Waals surface area contributed by atoms with Gasteiger partial charge in [0, 0.05) is 19.7 Å². The fourth-order valence-electron chi connectivity index (χ4n) is 2.68. The molecule has 0 saturated carbocycles. The van der Waals surface area contributed by atoms with E-state index in [-0.39, 0.29) is 29.2 Å². The molecule has 0 spiro atoms. The van der Waals surface area contributed by atoms with Crippen LogP contribution in [0.2, 0.25) is 0 Å². The van der Waals surface area contributed by atoms with Crippen molar-refractivity contribution in [2.24, 2.45) is 0 Å². The number of hydrogen-bond acceptors (Lipinski definition) is 6. The van der Waals surface area contributed by atoms with Crippen molar-refractivity contribution in [1.29, 1.82) is 0 Å². The van der Waals surface area contributed by atoms with Gasteiger partial charge in [0.15, 0.2) is 0 Å². The third-order valence-electron chi connectivity index (χ3n) is 4.54. The zero-order valence-electron chi connectivity index (χ0n) is 17.1. The predicted octanol–water partition coefficient (Wildman–Crippen LogP) is 3.24. The number of amides is 1. The molecule has 0 heterocycles. The summed E-state index contributed by atoms with van der Waals surface area (Å²) < 4.78 is 40.0. The van der Waals surface area contributed by atoms with Gasteiger partial charge in [-0.25, -0.2) is 0 Å². The van der Waals surface area contributed by atoms with Crippen LogP contribution >= 0.6 is 0 Å². The summed E-state index contributed by atoms with van der Waals surface area (Å²) in [5.41, 5.74) is 0.865. The Hall–Kier alpha value is -2.58. The molecule has 2 rings (SSSR count). The summed E-state index contributed by atoms with van der Waals surface area (Å²) >= 11 is 0. The number of carbonyl (C=O) groups excluding carboxylic acids is 1. The molecule has 2 aromatic rings. The van der Waals surface area contributed by atoms with Gasteiger partial charge in [-0.3, -0.25) is 4.79 Å². The van der Waals surface area contributed by atoms with Gasteiger partial charge in [0.1, 0.15) is 23.0 Å². The summed E-state index contributed by atoms with van der Waals surface area (Å²) in [7, 11) is -0.954. The van der Waals surface area contributed by atoms with Crippen LogP contribution in [0.4, 0.5) is 0 Å². The minimum atomic E-state index is -3.95. The van der Waals surface area contributed by atoms with Crippen molar-refractivity contribution in [1.82, 2.24) is 4.90 Å². The van der Waals surface area contributed by atoms with E-state index >= 15 is 0 Å². The first-order valence-electron chi connectivity index (χ1n) is 9.26. The normalized spacial score (nSPS) is 12.3. The van der Waals surface area contributed by atoms with Crippen molar-refractivity contribution in [3.63, 3.8) is 0 Å². The van der Waals surface area contributed by atoms with Crippen LogP contribution in [0, 0.1) is 0 Å². The molecule has 0 radical (unpaired) electrons. The third-order valence-corrected chi connectivity index (χ3v) is 5.80. The summed E-state index contributed by atoms with van der Waals surface area (Å²) in [5.74, 6) is 0.661. The second-order valence-corrected chi connectivity index (χ2v) is 8.12. The Kier molecular flexibility index (Phi) is 8.04. The van der Waals surface area contributed by atoms with Gasteiger partial charge in [-0.15, -0.1) is 0 Å². The lowest BCUT2D eigenvalue weighted by atomic mass is 10.1. The highest BCUT2D eigenvalue weighted by molar-refractivity contribution is 7.87. The highest BCUT2D eigenvalue weighted by atomic mass is 32.2. The SMILES string of the molecule is CC[C@H](C)N(Cc1ccc(OS(=O)(=O)c2ccc(OC)cc2)cc1)C(=O)COC. The lowest BCUT2D eigenvalue weighted by Gasteiger charge is -2.28. The predicted molar refractivity (Wildman–Crippen MR) is 109 cm³/mol. The Bertz CT molecular complexity index is 894. The largest absolute Gasteiger partial charge is 0.497 e. The van der Waals surface area contributed by atoms with Gasteiger partial charge >= 0.3 is 10.1 Å². The molecule has 0 fully saturated rings. The van der Waals surface area contributed by atoms with E-state index in [0.717, 1.165) is 12.0 Å². The fourth-order valence-corrected chi connectivity index (χ4v) is 3.61. The molecular weight excluding hydrogens is 394 g/mol. The molecule has 1 atom stereocenters. The van der Waals surface area contributed by atoms with Gasteiger partial charge in [-0.05, 0) is 55.3 Å². The van der Waals surface area contributed by atoms with E-state index in [1.54, 1.807) is 41.3 Å². The fraction of sp³-hybridized carbons (Fsp3) is 0.381. The van der Waals surface area contributed by atoms with Crippen LogP contribution in [0.3, 0.4) is 0 Å². The molecule has 0 aliphatic carbocycles. The molecule has 0 aliphatic heterocycles. The van der Waals surface area contributed by atoms with Crippen LogP contribution < -0.4 is 8.92 Å². The van der Waals surface area contributed by atoms with E-state index in [9.17, 15) is 13.2 Å². The monoisotopic (exact) mass is 421 g/mol. The lowest BCUT2D eigenvalue weighted by molar-refractivity contribution is -0.138. The zero-order valence-corrected chi connectivity index (χ0v) is 17.9. The third kappa shape index (κ3) is 6.20. The molecule has 158 valence electrons. The molecule has 0 unspecified atom stereocenters. The first kappa shape index (κ1) is 22.7. The maximum Gasteiger partial charge on any atom is 0.339 e. The Labute approximate surface area is 172 Å². The van der Waals surface area contributed by atoms with Crippen molar-refractivity contribution >= 4 is 16.0 Å². The Morgan fingerprint density at radius 2 is 1.59 bits per heavy atom. The first-order valence-corrected chi connectivity index (χ1v) is 10.7. The van der Waals surface area contributed by atoms with E-state index in [2.05, 4.69) is 0 Å². The number of hydrogen-bond donors (Lipinski definition) is 0. The summed E-state index contributed by atoms with van der Waals surface area (Å²) in [6, 6.07) is 12.7. The van der Waals surface area contributed by atoms with Gasteiger partial charge in [0.2, 0.25) is 5.91 Å². The zero-order chi connectivity index (χ0) is 21.4. The van der Waals surface area contributed by atoms with Crippen molar-refractivity contribution in [3.05, 3.63) is 54.1 Å². The van der Waals surface area contributed by atoms with E-state index < -0.39 is 10.1 Å². The number of carbonyl (C=O) groups is 1. The van der Waals surface area contributed by atoms with Crippen LogP contribution in [0.1, 0.15) is 25.8 Å². The molecule has 29 heavy (non-hydrogen) atoms. The number of benzene rings is 2. The second-order valence-electron chi connectivity index (χ2n) is 6.57. The summed E-state index contributed by atoms with van der Waals surface area (Å²) in [5, 5.41) is 0. The molecule has 8 heteroatoms. The van der Waals surface area contributed by atoms with Crippen molar-refractivity contribution in [2.45, 2.75) is 37.8 Å². The van der Waals surface area contributed by atoms with Crippen LogP contribution in [-0.2, 0) is 26.2 Å². The summed E-state index contributed by atoms with van der Waals surface area (Å²) in [6.45, 7) is 4.42. The van der Waals surface area contributed by atoms with Crippen molar-refractivity contribution < 1.29 is 26.9 Å². The average Bonchev–Trinajstić information content (AvgIpc) is 2.72. The summed E-state index contributed by atoms with van der Waals surface area (Å²) in [4.78, 5) is 14.1. The standard InChI is InChI=1S/C21H27NO6S/c1-5-16(2)22(21(23)15-26-3)14-17-6-8-19(9-7-17)28-29(24,25)20-12-10-18(27-4)11-13-20/h6-13,16H,5,14-15H2,1-4H3/t16-/m0/s1.